The summed E-state index contributed by atoms with van der Waals surface area (Å²) in [7, 11) is 0. The van der Waals surface area contributed by atoms with E-state index in [0.717, 1.165) is 19.6 Å². The second-order valence-electron chi connectivity index (χ2n) is 6.16. The number of carbonyl (C=O) groups is 2. The summed E-state index contributed by atoms with van der Waals surface area (Å²) in [5.41, 5.74) is 0.728. The smallest absolute Gasteiger partial charge is 0.231 e. The van der Waals surface area contributed by atoms with Crippen LogP contribution in [0.1, 0.15) is 33.9 Å². The number of likely N-dealkylation sites (tertiary alicyclic amines) is 1. The number of oxazole rings is 1. The SMILES string of the molecule is O=C1C(NCCN2CCCC2)=CC(=O)c2oc(-c3cc(Cl)sc3Cl)nc21. The molecule has 4 rings (SSSR count). The molecule has 0 saturated carbocycles. The summed E-state index contributed by atoms with van der Waals surface area (Å²) in [6.45, 7) is 3.58. The second kappa shape index (κ2) is 7.15. The molecule has 2 aromatic rings. The molecule has 0 amide bonds. The summed E-state index contributed by atoms with van der Waals surface area (Å²) < 4.78 is 6.37. The van der Waals surface area contributed by atoms with Gasteiger partial charge in [0, 0.05) is 19.2 Å². The van der Waals surface area contributed by atoms with Crippen molar-refractivity contribution in [2.75, 3.05) is 26.2 Å². The van der Waals surface area contributed by atoms with Gasteiger partial charge in [-0.05, 0) is 32.0 Å². The van der Waals surface area contributed by atoms with E-state index in [-0.39, 0.29) is 34.6 Å². The van der Waals surface area contributed by atoms with Crippen molar-refractivity contribution >= 4 is 46.1 Å². The van der Waals surface area contributed by atoms with Crippen LogP contribution in [0, 0.1) is 0 Å². The Morgan fingerprint density at radius 2 is 2.04 bits per heavy atom. The maximum Gasteiger partial charge on any atom is 0.231 e. The third-order valence-electron chi connectivity index (χ3n) is 4.42. The number of allylic oxidation sites excluding steroid dienone is 2. The molecular weight excluding hydrogens is 397 g/mol. The van der Waals surface area contributed by atoms with E-state index >= 15 is 0 Å². The van der Waals surface area contributed by atoms with E-state index in [1.807, 2.05) is 0 Å². The zero-order valence-corrected chi connectivity index (χ0v) is 16.0. The summed E-state index contributed by atoms with van der Waals surface area (Å²) in [6.07, 6.45) is 3.69. The van der Waals surface area contributed by atoms with Gasteiger partial charge in [-0.2, -0.15) is 0 Å². The molecule has 1 aliphatic heterocycles. The fourth-order valence-electron chi connectivity index (χ4n) is 3.12. The van der Waals surface area contributed by atoms with Crippen LogP contribution in [0.2, 0.25) is 8.67 Å². The van der Waals surface area contributed by atoms with E-state index in [1.54, 1.807) is 6.07 Å². The number of hydrogen-bond donors (Lipinski definition) is 1. The molecule has 1 aliphatic carbocycles. The van der Waals surface area contributed by atoms with Gasteiger partial charge in [0.25, 0.3) is 0 Å². The van der Waals surface area contributed by atoms with Crippen LogP contribution in [-0.4, -0.2) is 47.6 Å². The first-order chi connectivity index (χ1) is 12.5. The highest BCUT2D eigenvalue weighted by molar-refractivity contribution is 7.20. The predicted octanol–water partition coefficient (Wildman–Crippen LogP) is 3.66. The van der Waals surface area contributed by atoms with E-state index in [1.165, 1.54) is 30.3 Å². The monoisotopic (exact) mass is 411 g/mol. The van der Waals surface area contributed by atoms with Crippen molar-refractivity contribution < 1.29 is 14.0 Å². The number of halogens is 2. The van der Waals surface area contributed by atoms with Crippen molar-refractivity contribution in [3.05, 3.63) is 38.0 Å². The highest BCUT2D eigenvalue weighted by Gasteiger charge is 2.32. The van der Waals surface area contributed by atoms with Gasteiger partial charge in [-0.3, -0.25) is 9.59 Å². The van der Waals surface area contributed by atoms with Crippen molar-refractivity contribution in [2.45, 2.75) is 12.8 Å². The number of ketones is 2. The first-order valence-corrected chi connectivity index (χ1v) is 9.83. The molecule has 2 aromatic heterocycles. The molecule has 2 aliphatic rings. The molecule has 136 valence electrons. The van der Waals surface area contributed by atoms with E-state index in [0.29, 0.717) is 20.8 Å². The van der Waals surface area contributed by atoms with Crippen LogP contribution in [0.5, 0.6) is 0 Å². The van der Waals surface area contributed by atoms with Gasteiger partial charge in [0.05, 0.1) is 15.6 Å². The van der Waals surface area contributed by atoms with Crippen molar-refractivity contribution in [2.24, 2.45) is 0 Å². The Balaban J connectivity index is 1.52. The summed E-state index contributed by atoms with van der Waals surface area (Å²) >= 11 is 13.2. The van der Waals surface area contributed by atoms with Crippen LogP contribution in [0.4, 0.5) is 0 Å². The normalized spacial score (nSPS) is 17.5. The molecule has 1 saturated heterocycles. The van der Waals surface area contributed by atoms with E-state index in [9.17, 15) is 9.59 Å². The number of fused-ring (bicyclic) bond motifs is 1. The lowest BCUT2D eigenvalue weighted by molar-refractivity contribution is 0.0960. The molecule has 9 heteroatoms. The minimum absolute atomic E-state index is 0.00885. The summed E-state index contributed by atoms with van der Waals surface area (Å²) in [5.74, 6) is -0.682. The third-order valence-corrected chi connectivity index (χ3v) is 5.90. The number of rotatable bonds is 5. The van der Waals surface area contributed by atoms with Gasteiger partial charge in [0.15, 0.2) is 5.69 Å². The number of hydrogen-bond acceptors (Lipinski definition) is 7. The molecule has 0 bridgehead atoms. The average Bonchev–Trinajstić information content (AvgIpc) is 3.32. The molecule has 0 radical (unpaired) electrons. The lowest BCUT2D eigenvalue weighted by Gasteiger charge is -2.17. The van der Waals surface area contributed by atoms with Gasteiger partial charge in [-0.1, -0.05) is 23.2 Å². The number of thiophene rings is 1. The molecular formula is C17H15Cl2N3O3S. The van der Waals surface area contributed by atoms with Crippen molar-refractivity contribution in [1.29, 1.82) is 0 Å². The molecule has 6 nitrogen and oxygen atoms in total. The minimum atomic E-state index is -0.389. The molecule has 0 aromatic carbocycles. The molecule has 1 N–H and O–H groups in total. The number of carbonyl (C=O) groups excluding carboxylic acids is 2. The summed E-state index contributed by atoms with van der Waals surface area (Å²) in [6, 6.07) is 1.60. The quantitative estimate of drug-likeness (QED) is 0.808. The van der Waals surface area contributed by atoms with Crippen molar-refractivity contribution in [1.82, 2.24) is 15.2 Å². The van der Waals surface area contributed by atoms with E-state index < -0.39 is 0 Å². The van der Waals surface area contributed by atoms with Crippen LogP contribution in [0.25, 0.3) is 11.5 Å². The Labute approximate surface area is 163 Å². The van der Waals surface area contributed by atoms with Crippen LogP contribution in [0.15, 0.2) is 22.3 Å². The number of aromatic nitrogens is 1. The van der Waals surface area contributed by atoms with Crippen LogP contribution < -0.4 is 5.32 Å². The maximum absolute atomic E-state index is 12.6. The molecule has 1 fully saturated rings. The van der Waals surface area contributed by atoms with Gasteiger partial charge in [0.2, 0.25) is 23.2 Å². The highest BCUT2D eigenvalue weighted by atomic mass is 35.5. The van der Waals surface area contributed by atoms with E-state index in [2.05, 4.69) is 15.2 Å². The predicted molar refractivity (Wildman–Crippen MR) is 100 cm³/mol. The fraction of sp³-hybridized carbons (Fsp3) is 0.353. The van der Waals surface area contributed by atoms with Crippen LogP contribution >= 0.6 is 34.5 Å². The van der Waals surface area contributed by atoms with Gasteiger partial charge >= 0.3 is 0 Å². The van der Waals surface area contributed by atoms with Crippen LogP contribution in [-0.2, 0) is 0 Å². The topological polar surface area (TPSA) is 75.4 Å². The first kappa shape index (κ1) is 17.7. The second-order valence-corrected chi connectivity index (χ2v) is 8.45. The minimum Gasteiger partial charge on any atom is -0.432 e. The maximum atomic E-state index is 12.6. The fourth-order valence-corrected chi connectivity index (χ4v) is 4.57. The molecule has 0 spiro atoms. The largest absolute Gasteiger partial charge is 0.432 e. The Kier molecular flexibility index (Phi) is 4.88. The lowest BCUT2D eigenvalue weighted by atomic mass is 10.0. The molecule has 3 heterocycles. The number of nitrogens with zero attached hydrogens (tertiary/aromatic N) is 2. The summed E-state index contributed by atoms with van der Waals surface area (Å²) in [4.78, 5) is 31.5. The van der Waals surface area contributed by atoms with Crippen LogP contribution in [0.3, 0.4) is 0 Å². The zero-order chi connectivity index (χ0) is 18.3. The Morgan fingerprint density at radius 1 is 1.27 bits per heavy atom. The lowest BCUT2D eigenvalue weighted by Crippen LogP contribution is -2.33. The first-order valence-electron chi connectivity index (χ1n) is 8.26. The average molecular weight is 412 g/mol. The third kappa shape index (κ3) is 3.32. The van der Waals surface area contributed by atoms with E-state index in [4.69, 9.17) is 27.6 Å². The Hall–Kier alpha value is -1.67. The standard InChI is InChI=1S/C17H15Cl2N3O3S/c18-12-7-9(16(19)26-12)17-21-13-14(24)10(8-11(23)15(13)25-17)20-3-6-22-4-1-2-5-22/h7-8,20H,1-6H2. The van der Waals surface area contributed by atoms with Gasteiger partial charge in [0.1, 0.15) is 4.34 Å². The Morgan fingerprint density at radius 3 is 2.73 bits per heavy atom. The number of Topliss-reactive ketones (excluding diaryl/α,β-unsaturated/α-hetero) is 1. The van der Waals surface area contributed by atoms with Crippen molar-refractivity contribution in [3.8, 4) is 11.5 Å². The summed E-state index contributed by atoms with van der Waals surface area (Å²) in [5, 5.41) is 3.06. The van der Waals surface area contributed by atoms with Gasteiger partial charge < -0.3 is 14.6 Å². The highest BCUT2D eigenvalue weighted by Crippen LogP contribution is 2.39. The van der Waals surface area contributed by atoms with Gasteiger partial charge in [-0.15, -0.1) is 11.3 Å². The van der Waals surface area contributed by atoms with Crippen molar-refractivity contribution in [3.63, 3.8) is 0 Å². The molecule has 0 unspecified atom stereocenters. The Bertz CT molecular complexity index is 912. The molecule has 0 atom stereocenters. The zero-order valence-electron chi connectivity index (χ0n) is 13.7. The number of nitrogens with one attached hydrogen (secondary N) is 1. The van der Waals surface area contributed by atoms with Gasteiger partial charge in [-0.25, -0.2) is 4.98 Å². The molecule has 26 heavy (non-hydrogen) atoms.